The van der Waals surface area contributed by atoms with Gasteiger partial charge in [0.25, 0.3) is 0 Å². The molecule has 0 aliphatic rings. The molecule has 4 aromatic rings. The van der Waals surface area contributed by atoms with E-state index >= 15 is 0 Å². The lowest BCUT2D eigenvalue weighted by Gasteiger charge is -2.10. The summed E-state index contributed by atoms with van der Waals surface area (Å²) in [6, 6.07) is 12.1. The van der Waals surface area contributed by atoms with E-state index in [0.717, 1.165) is 17.8 Å². The summed E-state index contributed by atoms with van der Waals surface area (Å²) in [6.45, 7) is 3.87. The monoisotopic (exact) mass is 372 g/mol. The zero-order chi connectivity index (χ0) is 19.7. The van der Waals surface area contributed by atoms with Gasteiger partial charge in [0.1, 0.15) is 17.4 Å². The number of benzene rings is 1. The largest absolute Gasteiger partial charge is 0.454 e. The van der Waals surface area contributed by atoms with Gasteiger partial charge in [-0.3, -0.25) is 4.98 Å². The Morgan fingerprint density at radius 2 is 2.04 bits per heavy atom. The van der Waals surface area contributed by atoms with Crippen LogP contribution in [0, 0.1) is 24.1 Å². The van der Waals surface area contributed by atoms with Crippen LogP contribution >= 0.6 is 0 Å². The van der Waals surface area contributed by atoms with Crippen molar-refractivity contribution in [1.82, 2.24) is 14.4 Å². The minimum absolute atomic E-state index is 0.114. The number of hydrogen-bond donors (Lipinski definition) is 0. The van der Waals surface area contributed by atoms with Crippen LogP contribution < -0.4 is 4.74 Å². The van der Waals surface area contributed by atoms with Crippen molar-refractivity contribution in [3.05, 3.63) is 77.8 Å². The number of aromatic nitrogens is 3. The van der Waals surface area contributed by atoms with E-state index in [0.29, 0.717) is 28.1 Å². The average molecular weight is 372 g/mol. The fourth-order valence-electron chi connectivity index (χ4n) is 3.17. The number of hydrogen-bond acceptors (Lipinski definition) is 4. The topological polar surface area (TPSA) is 63.2 Å². The number of pyridine rings is 2. The Balaban J connectivity index is 1.74. The van der Waals surface area contributed by atoms with Crippen molar-refractivity contribution < 1.29 is 9.13 Å². The van der Waals surface area contributed by atoms with Crippen LogP contribution in [0.5, 0.6) is 11.5 Å². The number of imidazole rings is 1. The van der Waals surface area contributed by atoms with E-state index in [-0.39, 0.29) is 5.75 Å². The molecule has 0 unspecified atom stereocenters. The average Bonchev–Trinajstić information content (AvgIpc) is 3.12. The molecule has 3 heterocycles. The van der Waals surface area contributed by atoms with E-state index < -0.39 is 5.82 Å². The number of nitriles is 1. The summed E-state index contributed by atoms with van der Waals surface area (Å²) >= 11 is 0. The van der Waals surface area contributed by atoms with Gasteiger partial charge in [-0.1, -0.05) is 13.0 Å². The Bertz CT molecular complexity index is 1220. The van der Waals surface area contributed by atoms with Crippen molar-refractivity contribution in [2.24, 2.45) is 0 Å². The molecule has 0 saturated heterocycles. The number of ether oxygens (including phenoxy) is 1. The second-order valence-electron chi connectivity index (χ2n) is 6.39. The molecule has 0 spiro atoms. The van der Waals surface area contributed by atoms with Gasteiger partial charge in [0.2, 0.25) is 0 Å². The van der Waals surface area contributed by atoms with Crippen molar-refractivity contribution in [2.45, 2.75) is 20.3 Å². The molecule has 0 amide bonds. The molecule has 0 aliphatic carbocycles. The second kappa shape index (κ2) is 7.12. The maximum absolute atomic E-state index is 14.7. The van der Waals surface area contributed by atoms with Crippen LogP contribution in [0.15, 0.2) is 55.0 Å². The summed E-state index contributed by atoms with van der Waals surface area (Å²) < 4.78 is 22.2. The van der Waals surface area contributed by atoms with Crippen LogP contribution in [0.1, 0.15) is 23.9 Å². The van der Waals surface area contributed by atoms with Gasteiger partial charge in [-0.2, -0.15) is 5.26 Å². The zero-order valence-corrected chi connectivity index (χ0v) is 15.5. The van der Waals surface area contributed by atoms with E-state index in [1.807, 2.05) is 30.5 Å². The maximum atomic E-state index is 14.7. The molecule has 3 aromatic heterocycles. The Labute approximate surface area is 161 Å². The van der Waals surface area contributed by atoms with Crippen LogP contribution in [0.3, 0.4) is 0 Å². The van der Waals surface area contributed by atoms with Gasteiger partial charge in [-0.15, -0.1) is 0 Å². The summed E-state index contributed by atoms with van der Waals surface area (Å²) in [7, 11) is 0. The molecule has 0 aliphatic heterocycles. The quantitative estimate of drug-likeness (QED) is 0.502. The number of aryl methyl sites for hydroxylation is 2. The summed E-state index contributed by atoms with van der Waals surface area (Å²) in [5.41, 5.74) is 4.02. The van der Waals surface area contributed by atoms with E-state index in [1.54, 1.807) is 36.7 Å². The van der Waals surface area contributed by atoms with Crippen LogP contribution in [0.2, 0.25) is 0 Å². The van der Waals surface area contributed by atoms with Gasteiger partial charge < -0.3 is 9.14 Å². The van der Waals surface area contributed by atoms with Crippen molar-refractivity contribution in [3.8, 4) is 28.7 Å². The lowest BCUT2D eigenvalue weighted by atomic mass is 10.0. The number of fused-ring (bicyclic) bond motifs is 1. The molecule has 5 nitrogen and oxygen atoms in total. The Kier molecular flexibility index (Phi) is 4.50. The highest BCUT2D eigenvalue weighted by molar-refractivity contribution is 5.78. The number of halogens is 1. The summed E-state index contributed by atoms with van der Waals surface area (Å²) in [5.74, 6) is 0.124. The maximum Gasteiger partial charge on any atom is 0.166 e. The fraction of sp³-hybridized carbons (Fsp3) is 0.136. The van der Waals surface area contributed by atoms with Gasteiger partial charge in [-0.25, -0.2) is 9.37 Å². The van der Waals surface area contributed by atoms with Gasteiger partial charge in [0.05, 0.1) is 0 Å². The number of rotatable bonds is 4. The van der Waals surface area contributed by atoms with E-state index in [2.05, 4.69) is 16.0 Å². The number of nitrogens with zero attached hydrogens (tertiary/aromatic N) is 4. The first-order valence-electron chi connectivity index (χ1n) is 8.90. The third kappa shape index (κ3) is 3.08. The molecule has 0 bridgehead atoms. The van der Waals surface area contributed by atoms with Crippen molar-refractivity contribution in [2.75, 3.05) is 0 Å². The highest BCUT2D eigenvalue weighted by Gasteiger charge is 2.15. The Morgan fingerprint density at radius 1 is 1.18 bits per heavy atom. The van der Waals surface area contributed by atoms with Crippen LogP contribution in [-0.4, -0.2) is 14.4 Å². The van der Waals surface area contributed by atoms with E-state index in [9.17, 15) is 9.65 Å². The third-order valence-corrected chi connectivity index (χ3v) is 4.57. The van der Waals surface area contributed by atoms with Crippen LogP contribution in [-0.2, 0) is 6.42 Å². The normalized spacial score (nSPS) is 10.8. The Morgan fingerprint density at radius 3 is 2.75 bits per heavy atom. The Hall–Kier alpha value is -3.72. The van der Waals surface area contributed by atoms with Gasteiger partial charge >= 0.3 is 0 Å². The van der Waals surface area contributed by atoms with Gasteiger partial charge in [-0.05, 0) is 43.2 Å². The van der Waals surface area contributed by atoms with Crippen LogP contribution in [0.4, 0.5) is 4.39 Å². The lowest BCUT2D eigenvalue weighted by molar-refractivity contribution is 0.441. The van der Waals surface area contributed by atoms with E-state index in [1.165, 1.54) is 6.07 Å². The first kappa shape index (κ1) is 17.7. The molecule has 0 fully saturated rings. The van der Waals surface area contributed by atoms with Crippen LogP contribution in [0.25, 0.3) is 16.8 Å². The summed E-state index contributed by atoms with van der Waals surface area (Å²) in [5, 5.41) is 9.68. The van der Waals surface area contributed by atoms with Gasteiger partial charge in [0.15, 0.2) is 17.2 Å². The van der Waals surface area contributed by atoms with Crippen molar-refractivity contribution >= 4 is 5.65 Å². The fourth-order valence-corrected chi connectivity index (χ4v) is 3.17. The zero-order valence-electron chi connectivity index (χ0n) is 15.5. The third-order valence-electron chi connectivity index (χ3n) is 4.57. The molecule has 0 N–H and O–H groups in total. The minimum atomic E-state index is -0.506. The molecule has 138 valence electrons. The first-order chi connectivity index (χ1) is 13.6. The molecule has 0 radical (unpaired) electrons. The smallest absolute Gasteiger partial charge is 0.166 e. The summed E-state index contributed by atoms with van der Waals surface area (Å²) in [4.78, 5) is 8.46. The molecular weight excluding hydrogens is 355 g/mol. The van der Waals surface area contributed by atoms with Gasteiger partial charge in [0, 0.05) is 41.6 Å². The molecule has 28 heavy (non-hydrogen) atoms. The molecule has 0 saturated carbocycles. The molecule has 6 heteroatoms. The molecule has 4 rings (SSSR count). The molecule has 0 atom stereocenters. The minimum Gasteiger partial charge on any atom is -0.454 e. The van der Waals surface area contributed by atoms with E-state index in [4.69, 9.17) is 4.74 Å². The predicted octanol–water partition coefficient (Wildman–Crippen LogP) is 5.07. The molecule has 1 aromatic carbocycles. The summed E-state index contributed by atoms with van der Waals surface area (Å²) in [6.07, 6.45) is 6.04. The second-order valence-corrected chi connectivity index (χ2v) is 6.39. The highest BCUT2D eigenvalue weighted by atomic mass is 19.1. The predicted molar refractivity (Wildman–Crippen MR) is 104 cm³/mol. The first-order valence-corrected chi connectivity index (χ1v) is 8.90. The lowest BCUT2D eigenvalue weighted by Crippen LogP contribution is -1.96. The van der Waals surface area contributed by atoms with Crippen molar-refractivity contribution in [3.63, 3.8) is 0 Å². The highest BCUT2D eigenvalue weighted by Crippen LogP contribution is 2.32. The molecular formula is C22H17FN4O. The standard InChI is InChI=1S/C22H17FN4O/c1-3-16-13-26-22-19(12-24)18(7-9-27(16)22)15-4-5-21(20(23)11-15)28-17-6-8-25-14(2)10-17/h4-11,13H,3H2,1-2H3. The van der Waals surface area contributed by atoms with Crippen molar-refractivity contribution in [1.29, 1.82) is 5.26 Å². The SMILES string of the molecule is CCc1cnc2c(C#N)c(-c3ccc(Oc4ccnc(C)c4)c(F)c3)ccn12.